The summed E-state index contributed by atoms with van der Waals surface area (Å²) in [6, 6.07) is 1.99. The second-order valence-electron chi connectivity index (χ2n) is 3.36. The Labute approximate surface area is 87.7 Å². The molecule has 2 aromatic rings. The van der Waals surface area contributed by atoms with Crippen LogP contribution in [0.4, 0.5) is 5.82 Å². The zero-order valence-electron chi connectivity index (χ0n) is 7.82. The Kier molecular flexibility index (Phi) is 2.07. The van der Waals surface area contributed by atoms with Crippen molar-refractivity contribution in [3.05, 3.63) is 23.5 Å². The SMILES string of the molecule is Cc1cc2ncc3c(n2n1)NCC3.Cl. The molecule has 4 nitrogen and oxygen atoms in total. The number of rotatable bonds is 0. The third kappa shape index (κ3) is 1.14. The summed E-state index contributed by atoms with van der Waals surface area (Å²) < 4.78 is 1.89. The zero-order valence-corrected chi connectivity index (χ0v) is 8.64. The number of aryl methyl sites for hydroxylation is 1. The molecule has 0 bridgehead atoms. The number of hydrogen-bond acceptors (Lipinski definition) is 3. The van der Waals surface area contributed by atoms with Gasteiger partial charge < -0.3 is 5.32 Å². The van der Waals surface area contributed by atoms with Gasteiger partial charge in [-0.2, -0.15) is 9.61 Å². The Morgan fingerprint density at radius 1 is 1.50 bits per heavy atom. The fourth-order valence-electron chi connectivity index (χ4n) is 1.77. The van der Waals surface area contributed by atoms with E-state index in [1.165, 1.54) is 5.56 Å². The Balaban J connectivity index is 0.000000750. The molecule has 0 fully saturated rings. The third-order valence-electron chi connectivity index (χ3n) is 2.37. The molecule has 0 amide bonds. The van der Waals surface area contributed by atoms with Gasteiger partial charge in [0, 0.05) is 24.4 Å². The summed E-state index contributed by atoms with van der Waals surface area (Å²) in [6.45, 7) is 2.98. The van der Waals surface area contributed by atoms with Crippen molar-refractivity contribution in [3.8, 4) is 0 Å². The largest absolute Gasteiger partial charge is 0.369 e. The Morgan fingerprint density at radius 2 is 2.36 bits per heavy atom. The van der Waals surface area contributed by atoms with Crippen LogP contribution in [0.15, 0.2) is 12.3 Å². The fraction of sp³-hybridized carbons (Fsp3) is 0.333. The molecule has 14 heavy (non-hydrogen) atoms. The molecule has 0 aliphatic carbocycles. The lowest BCUT2D eigenvalue weighted by Crippen LogP contribution is -1.99. The Morgan fingerprint density at radius 3 is 3.21 bits per heavy atom. The van der Waals surface area contributed by atoms with Crippen LogP contribution in [0.2, 0.25) is 0 Å². The van der Waals surface area contributed by atoms with Crippen molar-refractivity contribution >= 4 is 23.9 Å². The molecule has 1 aliphatic rings. The molecule has 2 aromatic heterocycles. The van der Waals surface area contributed by atoms with Crippen LogP contribution in [-0.4, -0.2) is 21.1 Å². The molecule has 0 saturated heterocycles. The van der Waals surface area contributed by atoms with E-state index in [1.54, 1.807) is 0 Å². The highest BCUT2D eigenvalue weighted by Crippen LogP contribution is 2.21. The highest BCUT2D eigenvalue weighted by atomic mass is 35.5. The lowest BCUT2D eigenvalue weighted by atomic mass is 10.3. The summed E-state index contributed by atoms with van der Waals surface area (Å²) in [5.74, 6) is 1.11. The van der Waals surface area contributed by atoms with Crippen molar-refractivity contribution in [3.63, 3.8) is 0 Å². The number of fused-ring (bicyclic) bond motifs is 3. The van der Waals surface area contributed by atoms with Crippen LogP contribution >= 0.6 is 12.4 Å². The molecule has 0 saturated carbocycles. The van der Waals surface area contributed by atoms with Crippen LogP contribution in [0.5, 0.6) is 0 Å². The molecular formula is C9H11ClN4. The predicted octanol–water partition coefficient (Wildman–Crippen LogP) is 1.43. The maximum Gasteiger partial charge on any atom is 0.157 e. The van der Waals surface area contributed by atoms with Crippen LogP contribution in [0, 0.1) is 6.92 Å². The van der Waals surface area contributed by atoms with Gasteiger partial charge in [-0.3, -0.25) is 0 Å². The van der Waals surface area contributed by atoms with Gasteiger partial charge in [0.15, 0.2) is 5.65 Å². The Bertz CT molecular complexity index is 477. The van der Waals surface area contributed by atoms with Crippen molar-refractivity contribution in [2.45, 2.75) is 13.3 Å². The van der Waals surface area contributed by atoms with E-state index >= 15 is 0 Å². The number of nitrogens with one attached hydrogen (secondary N) is 1. The lowest BCUT2D eigenvalue weighted by Gasteiger charge is -2.01. The minimum Gasteiger partial charge on any atom is -0.369 e. The van der Waals surface area contributed by atoms with E-state index in [1.807, 2.05) is 23.7 Å². The summed E-state index contributed by atoms with van der Waals surface area (Å²) in [7, 11) is 0. The minimum atomic E-state index is 0. The quantitative estimate of drug-likeness (QED) is 0.715. The average molecular weight is 211 g/mol. The Hall–Kier alpha value is -1.29. The second-order valence-corrected chi connectivity index (χ2v) is 3.36. The van der Waals surface area contributed by atoms with Crippen LogP contribution in [0.1, 0.15) is 11.3 Å². The molecular weight excluding hydrogens is 200 g/mol. The first-order valence-electron chi connectivity index (χ1n) is 4.43. The standard InChI is InChI=1S/C9H10N4.ClH/c1-6-4-8-11-5-7-2-3-10-9(7)13(8)12-6;/h4-5,10H,2-3H2,1H3;1H. The van der Waals surface area contributed by atoms with Gasteiger partial charge >= 0.3 is 0 Å². The molecule has 0 atom stereocenters. The normalized spacial score (nSPS) is 13.5. The van der Waals surface area contributed by atoms with Gasteiger partial charge in [0.25, 0.3) is 0 Å². The number of hydrogen-bond donors (Lipinski definition) is 1. The van der Waals surface area contributed by atoms with E-state index in [9.17, 15) is 0 Å². The molecule has 1 N–H and O–H groups in total. The van der Waals surface area contributed by atoms with E-state index in [-0.39, 0.29) is 12.4 Å². The van der Waals surface area contributed by atoms with Crippen molar-refractivity contribution in [2.24, 2.45) is 0 Å². The number of aromatic nitrogens is 3. The minimum absolute atomic E-state index is 0. The highest BCUT2D eigenvalue weighted by molar-refractivity contribution is 5.85. The van der Waals surface area contributed by atoms with Gasteiger partial charge in [-0.05, 0) is 13.3 Å². The van der Waals surface area contributed by atoms with Gasteiger partial charge in [0.2, 0.25) is 0 Å². The molecule has 0 spiro atoms. The average Bonchev–Trinajstić information content (AvgIpc) is 2.65. The first-order chi connectivity index (χ1) is 6.34. The molecule has 0 radical (unpaired) electrons. The molecule has 0 aromatic carbocycles. The highest BCUT2D eigenvalue weighted by Gasteiger charge is 2.14. The van der Waals surface area contributed by atoms with Crippen molar-refractivity contribution in [2.75, 3.05) is 11.9 Å². The van der Waals surface area contributed by atoms with E-state index in [4.69, 9.17) is 0 Å². The maximum atomic E-state index is 4.38. The summed E-state index contributed by atoms with van der Waals surface area (Å²) in [5, 5.41) is 7.69. The topological polar surface area (TPSA) is 42.2 Å². The first-order valence-corrected chi connectivity index (χ1v) is 4.43. The van der Waals surface area contributed by atoms with Crippen molar-refractivity contribution < 1.29 is 0 Å². The number of halogens is 1. The summed E-state index contributed by atoms with van der Waals surface area (Å²) >= 11 is 0. The number of nitrogens with zero attached hydrogens (tertiary/aromatic N) is 3. The lowest BCUT2D eigenvalue weighted by molar-refractivity contribution is 0.922. The molecule has 3 heterocycles. The van der Waals surface area contributed by atoms with Crippen LogP contribution in [0.25, 0.3) is 5.65 Å². The van der Waals surface area contributed by atoms with E-state index in [0.717, 1.165) is 30.1 Å². The van der Waals surface area contributed by atoms with Crippen LogP contribution in [-0.2, 0) is 6.42 Å². The van der Waals surface area contributed by atoms with Crippen LogP contribution in [0.3, 0.4) is 0 Å². The summed E-state index contributed by atoms with van der Waals surface area (Å²) in [6.07, 6.45) is 2.99. The van der Waals surface area contributed by atoms with Crippen molar-refractivity contribution in [1.82, 2.24) is 14.6 Å². The van der Waals surface area contributed by atoms with Crippen LogP contribution < -0.4 is 5.32 Å². The first kappa shape index (κ1) is 9.27. The second kappa shape index (κ2) is 3.13. The molecule has 1 aliphatic heterocycles. The van der Waals surface area contributed by atoms with Gasteiger partial charge in [0.1, 0.15) is 5.82 Å². The summed E-state index contributed by atoms with van der Waals surface area (Å²) in [5.41, 5.74) is 3.19. The van der Waals surface area contributed by atoms with Gasteiger partial charge in [-0.15, -0.1) is 12.4 Å². The van der Waals surface area contributed by atoms with Gasteiger partial charge in [-0.25, -0.2) is 4.98 Å². The zero-order chi connectivity index (χ0) is 8.84. The van der Waals surface area contributed by atoms with E-state index in [2.05, 4.69) is 15.4 Å². The predicted molar refractivity (Wildman–Crippen MR) is 57.2 cm³/mol. The molecule has 0 unspecified atom stereocenters. The summed E-state index contributed by atoms with van der Waals surface area (Å²) in [4.78, 5) is 4.33. The monoisotopic (exact) mass is 210 g/mol. The van der Waals surface area contributed by atoms with Gasteiger partial charge in [0.05, 0.1) is 5.69 Å². The fourth-order valence-corrected chi connectivity index (χ4v) is 1.77. The third-order valence-corrected chi connectivity index (χ3v) is 2.37. The maximum absolute atomic E-state index is 4.38. The van der Waals surface area contributed by atoms with Gasteiger partial charge in [-0.1, -0.05) is 0 Å². The number of anilines is 1. The van der Waals surface area contributed by atoms with E-state index < -0.39 is 0 Å². The smallest absolute Gasteiger partial charge is 0.157 e. The molecule has 74 valence electrons. The van der Waals surface area contributed by atoms with E-state index in [0.29, 0.717) is 0 Å². The molecule has 3 rings (SSSR count). The van der Waals surface area contributed by atoms with Crippen molar-refractivity contribution in [1.29, 1.82) is 0 Å². The molecule has 5 heteroatoms.